The van der Waals surface area contributed by atoms with Crippen LogP contribution in [-0.2, 0) is 21.1 Å². The van der Waals surface area contributed by atoms with Crippen LogP contribution >= 0.6 is 0 Å². The SMILES string of the molecule is C=C1N2C[C@H](CC[C@H]2c2nnc(CC[C@@H](N)CC)o2)N1OS(=O)(=O)O. The topological polar surface area (TPSA) is 135 Å². The zero-order valence-corrected chi connectivity index (χ0v) is 14.9. The highest BCUT2D eigenvalue weighted by molar-refractivity contribution is 7.80. The van der Waals surface area contributed by atoms with Gasteiger partial charge in [-0.1, -0.05) is 13.5 Å². The largest absolute Gasteiger partial charge is 0.423 e. The number of hydrogen-bond donors (Lipinski definition) is 2. The lowest BCUT2D eigenvalue weighted by atomic mass is 10.0. The summed E-state index contributed by atoms with van der Waals surface area (Å²) in [5.74, 6) is 1.35. The van der Waals surface area contributed by atoms with E-state index in [-0.39, 0.29) is 18.1 Å². The highest BCUT2D eigenvalue weighted by Gasteiger charge is 2.45. The van der Waals surface area contributed by atoms with E-state index in [1.807, 2.05) is 11.8 Å². The Bertz CT molecular complexity index is 736. The monoisotopic (exact) mass is 373 g/mol. The van der Waals surface area contributed by atoms with Crippen molar-refractivity contribution in [1.29, 1.82) is 0 Å². The molecule has 3 atom stereocenters. The highest BCUT2D eigenvalue weighted by atomic mass is 32.3. The second-order valence-electron chi connectivity index (χ2n) is 6.38. The molecule has 0 aromatic carbocycles. The summed E-state index contributed by atoms with van der Waals surface area (Å²) < 4.78 is 41.3. The smallest absolute Gasteiger partial charge is 0.418 e. The van der Waals surface area contributed by atoms with Gasteiger partial charge in [-0.3, -0.25) is 4.55 Å². The van der Waals surface area contributed by atoms with Crippen molar-refractivity contribution in [2.24, 2.45) is 5.73 Å². The Morgan fingerprint density at radius 2 is 2.24 bits per heavy atom. The Labute approximate surface area is 146 Å². The maximum atomic E-state index is 11.0. The molecule has 11 heteroatoms. The predicted molar refractivity (Wildman–Crippen MR) is 87.0 cm³/mol. The first-order valence-electron chi connectivity index (χ1n) is 8.28. The van der Waals surface area contributed by atoms with Crippen molar-refractivity contribution in [2.45, 2.75) is 57.2 Å². The number of nitrogens with two attached hydrogens (primary N) is 1. The molecule has 0 saturated carbocycles. The Balaban J connectivity index is 1.69. The van der Waals surface area contributed by atoms with Gasteiger partial charge in [0.25, 0.3) is 0 Å². The van der Waals surface area contributed by atoms with Crippen LogP contribution < -0.4 is 5.73 Å². The molecule has 3 N–H and O–H groups in total. The quantitative estimate of drug-likeness (QED) is 0.659. The van der Waals surface area contributed by atoms with E-state index in [4.69, 9.17) is 14.7 Å². The molecule has 2 bridgehead atoms. The molecule has 3 heterocycles. The molecule has 0 radical (unpaired) electrons. The number of piperidine rings is 1. The van der Waals surface area contributed by atoms with Gasteiger partial charge in [0.1, 0.15) is 11.9 Å². The van der Waals surface area contributed by atoms with Gasteiger partial charge in [0.05, 0.1) is 6.04 Å². The molecule has 2 aliphatic heterocycles. The van der Waals surface area contributed by atoms with E-state index in [0.29, 0.717) is 43.4 Å². The van der Waals surface area contributed by atoms with Gasteiger partial charge in [-0.15, -0.1) is 14.5 Å². The summed E-state index contributed by atoms with van der Waals surface area (Å²) in [6.45, 7) is 6.40. The van der Waals surface area contributed by atoms with Crippen LogP contribution in [0.15, 0.2) is 16.8 Å². The lowest BCUT2D eigenvalue weighted by Gasteiger charge is -2.29. The molecular weight excluding hydrogens is 350 g/mol. The van der Waals surface area contributed by atoms with Gasteiger partial charge in [-0.25, -0.2) is 5.06 Å². The van der Waals surface area contributed by atoms with Gasteiger partial charge in [-0.05, 0) is 25.7 Å². The number of aryl methyl sites for hydroxylation is 1. The normalized spacial score (nSPS) is 24.8. The maximum absolute atomic E-state index is 11.0. The molecule has 1 aromatic heterocycles. The van der Waals surface area contributed by atoms with Crippen LogP contribution in [0.4, 0.5) is 0 Å². The molecule has 1 aromatic rings. The van der Waals surface area contributed by atoms with Crippen LogP contribution in [0.5, 0.6) is 0 Å². The van der Waals surface area contributed by atoms with Gasteiger partial charge < -0.3 is 15.1 Å². The van der Waals surface area contributed by atoms with E-state index in [9.17, 15) is 8.42 Å². The molecule has 2 fully saturated rings. The van der Waals surface area contributed by atoms with Crippen molar-refractivity contribution in [3.8, 4) is 0 Å². The second-order valence-corrected chi connectivity index (χ2v) is 7.39. The van der Waals surface area contributed by atoms with Crippen LogP contribution in [0.3, 0.4) is 0 Å². The fourth-order valence-electron chi connectivity index (χ4n) is 3.24. The highest BCUT2D eigenvalue weighted by Crippen LogP contribution is 2.41. The summed E-state index contributed by atoms with van der Waals surface area (Å²) in [7, 11) is -4.60. The van der Waals surface area contributed by atoms with E-state index in [0.717, 1.165) is 17.9 Å². The van der Waals surface area contributed by atoms with Gasteiger partial charge in [0.15, 0.2) is 0 Å². The van der Waals surface area contributed by atoms with Crippen molar-refractivity contribution in [1.82, 2.24) is 20.2 Å². The van der Waals surface area contributed by atoms with Crippen LogP contribution in [0.25, 0.3) is 0 Å². The van der Waals surface area contributed by atoms with Crippen molar-refractivity contribution < 1.29 is 21.7 Å². The minimum atomic E-state index is -4.60. The number of fused-ring (bicyclic) bond motifs is 2. The summed E-state index contributed by atoms with van der Waals surface area (Å²) in [6.07, 6.45) is 3.62. The summed E-state index contributed by atoms with van der Waals surface area (Å²) in [4.78, 5) is 1.86. The average Bonchev–Trinajstić information content (AvgIpc) is 3.12. The fourth-order valence-corrected chi connectivity index (χ4v) is 3.65. The third kappa shape index (κ3) is 3.94. The molecule has 0 amide bonds. The van der Waals surface area contributed by atoms with Crippen molar-refractivity contribution in [3.05, 3.63) is 24.2 Å². The number of hydroxylamine groups is 2. The summed E-state index contributed by atoms with van der Waals surface area (Å²) >= 11 is 0. The third-order valence-electron chi connectivity index (χ3n) is 4.67. The minimum Gasteiger partial charge on any atom is -0.423 e. The summed E-state index contributed by atoms with van der Waals surface area (Å²) in [6, 6.07) is -0.286. The molecule has 10 nitrogen and oxygen atoms in total. The maximum Gasteiger partial charge on any atom is 0.418 e. The Hall–Kier alpha value is -1.69. The number of aromatic nitrogens is 2. The molecule has 3 rings (SSSR count). The van der Waals surface area contributed by atoms with E-state index in [1.165, 1.54) is 0 Å². The first kappa shape index (κ1) is 18.1. The van der Waals surface area contributed by atoms with Crippen LogP contribution in [0.2, 0.25) is 0 Å². The zero-order chi connectivity index (χ0) is 18.2. The molecular formula is C14H23N5O5S. The number of nitrogens with zero attached hydrogens (tertiary/aromatic N) is 4. The number of rotatable bonds is 7. The lowest BCUT2D eigenvalue weighted by Crippen LogP contribution is -2.34. The van der Waals surface area contributed by atoms with E-state index in [1.54, 1.807) is 0 Å². The summed E-state index contributed by atoms with van der Waals surface area (Å²) in [5, 5.41) is 9.33. The molecule has 2 aliphatic rings. The minimum absolute atomic E-state index is 0.107. The molecule has 140 valence electrons. The average molecular weight is 373 g/mol. The Kier molecular flexibility index (Phi) is 5.00. The second kappa shape index (κ2) is 6.90. The van der Waals surface area contributed by atoms with Crippen molar-refractivity contribution in [3.63, 3.8) is 0 Å². The van der Waals surface area contributed by atoms with Crippen molar-refractivity contribution >= 4 is 10.4 Å². The van der Waals surface area contributed by atoms with Crippen LogP contribution in [0.1, 0.15) is 50.4 Å². The van der Waals surface area contributed by atoms with Gasteiger partial charge in [-0.2, -0.15) is 8.42 Å². The Morgan fingerprint density at radius 1 is 1.48 bits per heavy atom. The van der Waals surface area contributed by atoms with Gasteiger partial charge >= 0.3 is 10.4 Å². The van der Waals surface area contributed by atoms with E-state index < -0.39 is 10.4 Å². The molecule has 2 saturated heterocycles. The predicted octanol–water partition coefficient (Wildman–Crippen LogP) is 0.766. The number of hydrogen-bond acceptors (Lipinski definition) is 9. The zero-order valence-electron chi connectivity index (χ0n) is 14.0. The molecule has 0 aliphatic carbocycles. The molecule has 0 spiro atoms. The van der Waals surface area contributed by atoms with Crippen LogP contribution in [-0.4, -0.2) is 51.8 Å². The molecule has 0 unspecified atom stereocenters. The first-order valence-corrected chi connectivity index (χ1v) is 9.64. The fraction of sp³-hybridized carbons (Fsp3) is 0.714. The van der Waals surface area contributed by atoms with Crippen LogP contribution in [0, 0.1) is 0 Å². The van der Waals surface area contributed by atoms with Crippen molar-refractivity contribution in [2.75, 3.05) is 6.54 Å². The summed E-state index contributed by atoms with van der Waals surface area (Å²) in [5.41, 5.74) is 5.90. The van der Waals surface area contributed by atoms with E-state index in [2.05, 4.69) is 21.1 Å². The third-order valence-corrected chi connectivity index (χ3v) is 5.02. The lowest BCUT2D eigenvalue weighted by molar-refractivity contribution is -0.0453. The Morgan fingerprint density at radius 3 is 2.92 bits per heavy atom. The first-order chi connectivity index (χ1) is 11.8. The van der Waals surface area contributed by atoms with Gasteiger partial charge in [0.2, 0.25) is 11.8 Å². The molecule has 25 heavy (non-hydrogen) atoms. The standard InChI is InChI=1S/C14H23N5O5S/c1-3-10(15)4-7-13-16-17-14(23-13)12-6-5-11-8-18(12)9(2)19(11)24-25(20,21)22/h10-12H,2-8,15H2,1H3,(H,20,21,22)/t10-,11-,12-/m0/s1. The van der Waals surface area contributed by atoms with E-state index >= 15 is 0 Å². The van der Waals surface area contributed by atoms with Gasteiger partial charge in [0, 0.05) is 19.0 Å².